The van der Waals surface area contributed by atoms with Gasteiger partial charge in [0.2, 0.25) is 5.91 Å². The Morgan fingerprint density at radius 1 is 1.59 bits per heavy atom. The minimum atomic E-state index is -0.534. The maximum Gasteiger partial charge on any atom is 0.248 e. The van der Waals surface area contributed by atoms with Crippen LogP contribution in [0, 0.1) is 6.92 Å². The van der Waals surface area contributed by atoms with Crippen molar-refractivity contribution in [3.63, 3.8) is 0 Å². The second-order valence-electron chi connectivity index (χ2n) is 4.74. The van der Waals surface area contributed by atoms with Gasteiger partial charge in [-0.2, -0.15) is 0 Å². The molecule has 122 valence electrons. The van der Waals surface area contributed by atoms with E-state index in [1.165, 1.54) is 12.0 Å². The molecule has 6 nitrogen and oxygen atoms in total. The maximum absolute atomic E-state index is 11.7. The van der Waals surface area contributed by atoms with E-state index in [0.717, 1.165) is 11.3 Å². The molecule has 0 spiro atoms. The number of methoxy groups -OCH3 is 1. The van der Waals surface area contributed by atoms with Crippen molar-refractivity contribution in [3.8, 4) is 0 Å². The lowest BCUT2D eigenvalue weighted by Crippen LogP contribution is -2.37. The molecule has 1 rings (SSSR count). The molecule has 0 saturated carbocycles. The van der Waals surface area contributed by atoms with Gasteiger partial charge in [0.15, 0.2) is 5.88 Å². The highest BCUT2D eigenvalue weighted by atomic mass is 35.5. The summed E-state index contributed by atoms with van der Waals surface area (Å²) in [6.45, 7) is 7.59. The summed E-state index contributed by atoms with van der Waals surface area (Å²) >= 11 is 5.84. The van der Waals surface area contributed by atoms with Crippen molar-refractivity contribution in [3.05, 3.63) is 33.4 Å². The number of hydrogen-bond acceptors (Lipinski definition) is 4. The lowest BCUT2D eigenvalue weighted by atomic mass is 10.2. The molecule has 1 heterocycles. The second-order valence-corrected chi connectivity index (χ2v) is 5.23. The molecule has 0 unspecified atom stereocenters. The number of amides is 1. The first-order chi connectivity index (χ1) is 10.3. The number of ether oxygens (including phenoxy) is 1. The number of nitrogens with one attached hydrogen (secondary N) is 1. The summed E-state index contributed by atoms with van der Waals surface area (Å²) in [7, 11) is 1.47. The molecule has 22 heavy (non-hydrogen) atoms. The normalized spacial score (nSPS) is 13.0. The first-order valence-electron chi connectivity index (χ1n) is 6.81. The zero-order chi connectivity index (χ0) is 16.9. The van der Waals surface area contributed by atoms with Crippen LogP contribution in [0.2, 0.25) is 0 Å². The number of allylic oxidation sites excluding steroid dienone is 1. The summed E-state index contributed by atoms with van der Waals surface area (Å²) in [6, 6.07) is 0. The second kappa shape index (κ2) is 7.91. The standard InChI is InChI=1S/C15H22ClN3O3/c1-5-19(13(21)8-20)7-11-10(3)18-12(6-9(2)16)14(11)15(17)22-4/h6,18,20H,2,5,7-8,17H2,1,3-4H3/b12-6+,15-14+. The molecule has 0 radical (unpaired) electrons. The highest BCUT2D eigenvalue weighted by molar-refractivity contribution is 6.33. The Balaban J connectivity index is 3.52. The Kier molecular flexibility index (Phi) is 6.52. The summed E-state index contributed by atoms with van der Waals surface area (Å²) in [5.41, 5.74) is 7.59. The van der Waals surface area contributed by atoms with Gasteiger partial charge in [-0.15, -0.1) is 0 Å². The van der Waals surface area contributed by atoms with Crippen molar-refractivity contribution in [2.75, 3.05) is 20.3 Å². The number of aromatic amines is 1. The molecule has 4 N–H and O–H groups in total. The Morgan fingerprint density at radius 2 is 2.23 bits per heavy atom. The lowest BCUT2D eigenvalue weighted by molar-refractivity contribution is -0.134. The predicted octanol–water partition coefficient (Wildman–Crippen LogP) is -0.132. The van der Waals surface area contributed by atoms with E-state index in [2.05, 4.69) is 11.6 Å². The van der Waals surface area contributed by atoms with Crippen molar-refractivity contribution in [2.24, 2.45) is 5.73 Å². The quantitative estimate of drug-likeness (QED) is 0.678. The number of aliphatic hydroxyl groups is 1. The number of nitrogens with zero attached hydrogens (tertiary/aromatic N) is 1. The monoisotopic (exact) mass is 327 g/mol. The number of H-pyrrole nitrogens is 1. The highest BCUT2D eigenvalue weighted by Gasteiger charge is 2.16. The zero-order valence-electron chi connectivity index (χ0n) is 13.1. The number of aromatic nitrogens is 1. The van der Waals surface area contributed by atoms with E-state index in [0.29, 0.717) is 28.7 Å². The summed E-state index contributed by atoms with van der Waals surface area (Å²) in [4.78, 5) is 16.4. The van der Waals surface area contributed by atoms with Gasteiger partial charge in [-0.05, 0) is 19.9 Å². The third-order valence-corrected chi connectivity index (χ3v) is 3.44. The predicted molar refractivity (Wildman–Crippen MR) is 87.0 cm³/mol. The summed E-state index contributed by atoms with van der Waals surface area (Å²) in [6.07, 6.45) is 1.64. The van der Waals surface area contributed by atoms with Crippen LogP contribution >= 0.6 is 11.6 Å². The third-order valence-electron chi connectivity index (χ3n) is 3.33. The van der Waals surface area contributed by atoms with E-state index in [4.69, 9.17) is 27.2 Å². The average molecular weight is 328 g/mol. The van der Waals surface area contributed by atoms with Gasteiger partial charge in [-0.1, -0.05) is 18.2 Å². The van der Waals surface area contributed by atoms with Gasteiger partial charge in [0.25, 0.3) is 0 Å². The molecule has 0 aromatic carbocycles. The molecule has 0 aliphatic carbocycles. The number of rotatable bonds is 6. The molecule has 1 amide bonds. The first-order valence-corrected chi connectivity index (χ1v) is 7.19. The first kappa shape index (κ1) is 18.1. The van der Waals surface area contributed by atoms with E-state index in [1.807, 2.05) is 13.8 Å². The van der Waals surface area contributed by atoms with Crippen LogP contribution in [0.5, 0.6) is 0 Å². The van der Waals surface area contributed by atoms with Gasteiger partial charge < -0.3 is 25.5 Å². The summed E-state index contributed by atoms with van der Waals surface area (Å²) < 4.78 is 5.14. The Hall–Kier alpha value is -1.92. The van der Waals surface area contributed by atoms with Gasteiger partial charge in [0.05, 0.1) is 17.7 Å². The maximum atomic E-state index is 11.7. The van der Waals surface area contributed by atoms with Crippen LogP contribution in [0.4, 0.5) is 0 Å². The lowest BCUT2D eigenvalue weighted by Gasteiger charge is -2.20. The van der Waals surface area contributed by atoms with Gasteiger partial charge in [-0.25, -0.2) is 0 Å². The van der Waals surface area contributed by atoms with Crippen molar-refractivity contribution in [2.45, 2.75) is 20.4 Å². The molecule has 1 aromatic rings. The number of hydrogen-bond donors (Lipinski definition) is 3. The SMILES string of the molecule is C=C(Cl)/C=c1/[nH]c(C)c(CN(CC)C(=O)CO)/c1=C(/N)OC. The Labute approximate surface area is 134 Å². The van der Waals surface area contributed by atoms with Crippen molar-refractivity contribution in [1.82, 2.24) is 9.88 Å². The van der Waals surface area contributed by atoms with Crippen LogP contribution in [-0.2, 0) is 16.1 Å². The van der Waals surface area contributed by atoms with Crippen molar-refractivity contribution >= 4 is 29.5 Å². The smallest absolute Gasteiger partial charge is 0.248 e. The zero-order valence-corrected chi connectivity index (χ0v) is 13.8. The number of carbonyl (C=O) groups is 1. The molecule has 0 bridgehead atoms. The third kappa shape index (κ3) is 4.05. The molecule has 0 saturated heterocycles. The van der Waals surface area contributed by atoms with Crippen LogP contribution in [0.3, 0.4) is 0 Å². The number of likely N-dealkylation sites (N-methyl/N-ethyl adjacent to an activating group) is 1. The molecule has 0 aliphatic heterocycles. The molecule has 0 aliphatic rings. The van der Waals surface area contributed by atoms with Gasteiger partial charge >= 0.3 is 0 Å². The summed E-state index contributed by atoms with van der Waals surface area (Å²) in [5, 5.41) is 10.7. The molecular weight excluding hydrogens is 306 g/mol. The number of halogens is 1. The fraction of sp³-hybridized carbons (Fsp3) is 0.400. The van der Waals surface area contributed by atoms with E-state index >= 15 is 0 Å². The molecule has 1 aromatic heterocycles. The van der Waals surface area contributed by atoms with Crippen LogP contribution < -0.4 is 16.3 Å². The van der Waals surface area contributed by atoms with Gasteiger partial charge in [0, 0.05) is 29.4 Å². The van der Waals surface area contributed by atoms with Gasteiger partial charge in [0.1, 0.15) is 6.61 Å². The highest BCUT2D eigenvalue weighted by Crippen LogP contribution is 2.05. The molecule has 0 atom stereocenters. The average Bonchev–Trinajstić information content (AvgIpc) is 2.77. The van der Waals surface area contributed by atoms with Crippen molar-refractivity contribution < 1.29 is 14.6 Å². The van der Waals surface area contributed by atoms with Crippen molar-refractivity contribution in [1.29, 1.82) is 0 Å². The molecule has 0 fully saturated rings. The van der Waals surface area contributed by atoms with Crippen LogP contribution in [0.25, 0.3) is 12.0 Å². The molecular formula is C15H22ClN3O3. The number of nitrogens with two attached hydrogens (primary N) is 1. The van der Waals surface area contributed by atoms with E-state index in [-0.39, 0.29) is 11.8 Å². The van der Waals surface area contributed by atoms with E-state index in [9.17, 15) is 4.79 Å². The Bertz CT molecular complexity index is 679. The number of carbonyl (C=O) groups excluding carboxylic acids is 1. The minimum absolute atomic E-state index is 0.219. The fourth-order valence-corrected chi connectivity index (χ4v) is 2.31. The minimum Gasteiger partial charge on any atom is -0.482 e. The van der Waals surface area contributed by atoms with Crippen LogP contribution in [-0.4, -0.2) is 41.2 Å². The summed E-state index contributed by atoms with van der Waals surface area (Å²) in [5.74, 6) is -0.131. The van der Waals surface area contributed by atoms with Crippen LogP contribution in [0.1, 0.15) is 18.2 Å². The van der Waals surface area contributed by atoms with E-state index < -0.39 is 6.61 Å². The number of aryl methyl sites for hydroxylation is 1. The van der Waals surface area contributed by atoms with Gasteiger partial charge in [-0.3, -0.25) is 4.79 Å². The fourth-order valence-electron chi connectivity index (χ4n) is 2.20. The molecule has 7 heteroatoms. The van der Waals surface area contributed by atoms with E-state index in [1.54, 1.807) is 6.08 Å². The Morgan fingerprint density at radius 3 is 2.68 bits per heavy atom. The van der Waals surface area contributed by atoms with Crippen LogP contribution in [0.15, 0.2) is 11.6 Å². The largest absolute Gasteiger partial charge is 0.482 e. The topological polar surface area (TPSA) is 91.6 Å². The number of aliphatic hydroxyl groups excluding tert-OH is 1.